The maximum atomic E-state index is 12.0. The average molecular weight is 289 g/mol. The van der Waals surface area contributed by atoms with E-state index in [1.54, 1.807) is 4.90 Å². The Bertz CT molecular complexity index is 457. The van der Waals surface area contributed by atoms with Gasteiger partial charge in [-0.05, 0) is 18.8 Å². The number of rotatable bonds is 4. The van der Waals surface area contributed by atoms with Gasteiger partial charge < -0.3 is 10.0 Å². The van der Waals surface area contributed by atoms with Crippen LogP contribution in [0.3, 0.4) is 0 Å². The molecule has 2 aliphatic rings. The monoisotopic (exact) mass is 289 g/mol. The van der Waals surface area contributed by atoms with Crippen molar-refractivity contribution in [3.05, 3.63) is 0 Å². The molecule has 2 rings (SSSR count). The third kappa shape index (κ3) is 3.11. The quantitative estimate of drug-likeness (QED) is 0.814. The molecule has 1 saturated heterocycles. The van der Waals surface area contributed by atoms with Gasteiger partial charge in [0.25, 0.3) is 0 Å². The zero-order valence-electron chi connectivity index (χ0n) is 11.6. The van der Waals surface area contributed by atoms with E-state index in [0.717, 1.165) is 25.5 Å². The first kappa shape index (κ1) is 14.8. The van der Waals surface area contributed by atoms with Crippen molar-refractivity contribution >= 4 is 15.7 Å². The average Bonchev–Trinajstić information content (AvgIpc) is 2.48. The minimum atomic E-state index is -3.11. The van der Waals surface area contributed by atoms with Crippen molar-refractivity contribution in [1.82, 2.24) is 4.90 Å². The highest BCUT2D eigenvalue weighted by atomic mass is 32.2. The molecule has 0 aromatic rings. The van der Waals surface area contributed by atoms with Gasteiger partial charge in [-0.1, -0.05) is 13.3 Å². The van der Waals surface area contributed by atoms with Crippen LogP contribution in [0.15, 0.2) is 0 Å². The van der Waals surface area contributed by atoms with E-state index >= 15 is 0 Å². The molecule has 1 aliphatic carbocycles. The van der Waals surface area contributed by atoms with Gasteiger partial charge in [0.05, 0.1) is 11.4 Å². The Morgan fingerprint density at radius 1 is 1.42 bits per heavy atom. The molecule has 6 heteroatoms. The van der Waals surface area contributed by atoms with E-state index in [1.807, 2.05) is 6.92 Å². The van der Waals surface area contributed by atoms with Gasteiger partial charge in [-0.25, -0.2) is 8.42 Å². The Balaban J connectivity index is 1.94. The minimum absolute atomic E-state index is 0.0201. The Morgan fingerprint density at radius 3 is 2.53 bits per heavy atom. The number of sulfone groups is 1. The number of aliphatic hydroxyl groups is 1. The standard InChI is InChI=1S/C13H23NO4S/c1-10-8-14(12(15)6-7-19(2,17)18)9-13(10,16)11-4-3-5-11/h10-11,16H,3-9H2,1-2H3. The first-order valence-electron chi connectivity index (χ1n) is 6.90. The van der Waals surface area contributed by atoms with Crippen LogP contribution in [0.4, 0.5) is 0 Å². The number of hydrogen-bond acceptors (Lipinski definition) is 4. The summed E-state index contributed by atoms with van der Waals surface area (Å²) in [5.74, 6) is 0.0983. The Labute approximate surface area is 114 Å². The van der Waals surface area contributed by atoms with E-state index in [-0.39, 0.29) is 24.0 Å². The van der Waals surface area contributed by atoms with Crippen LogP contribution in [0.1, 0.15) is 32.6 Å². The molecule has 0 bridgehead atoms. The normalized spacial score (nSPS) is 32.4. The third-order valence-corrected chi connectivity index (χ3v) is 5.59. The second-order valence-corrected chi connectivity index (χ2v) is 8.43. The van der Waals surface area contributed by atoms with Crippen LogP contribution in [-0.2, 0) is 14.6 Å². The minimum Gasteiger partial charge on any atom is -0.387 e. The second kappa shape index (κ2) is 5.05. The van der Waals surface area contributed by atoms with E-state index in [1.165, 1.54) is 0 Å². The first-order chi connectivity index (χ1) is 8.72. The maximum Gasteiger partial charge on any atom is 0.223 e. The van der Waals surface area contributed by atoms with Crippen LogP contribution in [0, 0.1) is 11.8 Å². The van der Waals surface area contributed by atoms with E-state index in [9.17, 15) is 18.3 Å². The molecule has 0 aromatic heterocycles. The van der Waals surface area contributed by atoms with Crippen LogP contribution in [0.2, 0.25) is 0 Å². The number of β-amino-alcohol motifs (C(OH)–C–C–N with tert-alkyl or cyclic N) is 1. The summed E-state index contributed by atoms with van der Waals surface area (Å²) in [5.41, 5.74) is -0.765. The van der Waals surface area contributed by atoms with Crippen molar-refractivity contribution in [1.29, 1.82) is 0 Å². The summed E-state index contributed by atoms with van der Waals surface area (Å²) in [6.07, 6.45) is 4.38. The fourth-order valence-corrected chi connectivity index (χ4v) is 3.62. The van der Waals surface area contributed by atoms with Gasteiger partial charge in [0.1, 0.15) is 9.84 Å². The van der Waals surface area contributed by atoms with E-state index in [4.69, 9.17) is 0 Å². The fourth-order valence-electron chi connectivity index (χ4n) is 3.08. The lowest BCUT2D eigenvalue weighted by molar-refractivity contribution is -0.131. The van der Waals surface area contributed by atoms with Gasteiger partial charge in [0.2, 0.25) is 5.91 Å². The molecule has 1 saturated carbocycles. The molecule has 0 spiro atoms. The molecule has 1 amide bonds. The summed E-state index contributed by atoms with van der Waals surface area (Å²) in [5, 5.41) is 10.7. The molecule has 2 atom stereocenters. The number of nitrogens with zero attached hydrogens (tertiary/aromatic N) is 1. The molecule has 110 valence electrons. The number of carbonyl (C=O) groups excluding carboxylic acids is 1. The molecule has 19 heavy (non-hydrogen) atoms. The first-order valence-corrected chi connectivity index (χ1v) is 8.96. The summed E-state index contributed by atoms with van der Waals surface area (Å²) in [7, 11) is -3.11. The largest absolute Gasteiger partial charge is 0.387 e. The summed E-state index contributed by atoms with van der Waals surface area (Å²) >= 11 is 0. The number of carbonyl (C=O) groups is 1. The molecule has 0 radical (unpaired) electrons. The summed E-state index contributed by atoms with van der Waals surface area (Å²) < 4.78 is 22.2. The predicted molar refractivity (Wildman–Crippen MR) is 72.4 cm³/mol. The summed E-state index contributed by atoms with van der Waals surface area (Å²) in [4.78, 5) is 13.6. The lowest BCUT2D eigenvalue weighted by Crippen LogP contribution is -2.48. The second-order valence-electron chi connectivity index (χ2n) is 6.17. The Hall–Kier alpha value is -0.620. The molecule has 5 nitrogen and oxygen atoms in total. The summed E-state index contributed by atoms with van der Waals surface area (Å²) in [6, 6.07) is 0. The highest BCUT2D eigenvalue weighted by Crippen LogP contribution is 2.44. The number of hydrogen-bond donors (Lipinski definition) is 1. The smallest absolute Gasteiger partial charge is 0.223 e. The van der Waals surface area contributed by atoms with Crippen molar-refractivity contribution in [2.24, 2.45) is 11.8 Å². The molecule has 1 aliphatic heterocycles. The molecule has 1 heterocycles. The molecule has 2 unspecified atom stereocenters. The van der Waals surface area contributed by atoms with Gasteiger partial charge in [0, 0.05) is 31.7 Å². The highest BCUT2D eigenvalue weighted by Gasteiger charge is 2.50. The van der Waals surface area contributed by atoms with E-state index in [0.29, 0.717) is 19.0 Å². The SMILES string of the molecule is CC1CN(C(=O)CCS(C)(=O)=O)CC1(O)C1CCC1. The van der Waals surface area contributed by atoms with E-state index in [2.05, 4.69) is 0 Å². The molecule has 2 fully saturated rings. The Kier molecular flexibility index (Phi) is 3.93. The molecule has 1 N–H and O–H groups in total. The van der Waals surface area contributed by atoms with Crippen LogP contribution >= 0.6 is 0 Å². The van der Waals surface area contributed by atoms with Crippen molar-refractivity contribution in [3.63, 3.8) is 0 Å². The van der Waals surface area contributed by atoms with E-state index < -0.39 is 15.4 Å². The highest BCUT2D eigenvalue weighted by molar-refractivity contribution is 7.90. The zero-order chi connectivity index (χ0) is 14.3. The van der Waals surface area contributed by atoms with Gasteiger partial charge in [-0.2, -0.15) is 0 Å². The summed E-state index contributed by atoms with van der Waals surface area (Å²) in [6.45, 7) is 2.87. The lowest BCUT2D eigenvalue weighted by Gasteiger charge is -2.41. The van der Waals surface area contributed by atoms with Crippen LogP contribution in [0.25, 0.3) is 0 Å². The van der Waals surface area contributed by atoms with Crippen molar-refractivity contribution in [2.75, 3.05) is 25.1 Å². The third-order valence-electron chi connectivity index (χ3n) is 4.64. The number of likely N-dealkylation sites (tertiary alicyclic amines) is 1. The predicted octanol–water partition coefficient (Wildman–Crippen LogP) is 0.431. The number of amides is 1. The maximum absolute atomic E-state index is 12.0. The van der Waals surface area contributed by atoms with Crippen molar-refractivity contribution in [3.8, 4) is 0 Å². The van der Waals surface area contributed by atoms with Gasteiger partial charge in [-0.15, -0.1) is 0 Å². The van der Waals surface area contributed by atoms with Crippen LogP contribution in [-0.4, -0.2) is 55.0 Å². The van der Waals surface area contributed by atoms with Crippen molar-refractivity contribution < 1.29 is 18.3 Å². The fraction of sp³-hybridized carbons (Fsp3) is 0.923. The molecular formula is C13H23NO4S. The Morgan fingerprint density at radius 2 is 2.05 bits per heavy atom. The zero-order valence-corrected chi connectivity index (χ0v) is 12.4. The van der Waals surface area contributed by atoms with Gasteiger partial charge in [-0.3, -0.25) is 4.79 Å². The lowest BCUT2D eigenvalue weighted by atomic mass is 9.69. The molecule has 0 aromatic carbocycles. The topological polar surface area (TPSA) is 74.7 Å². The van der Waals surface area contributed by atoms with Crippen LogP contribution < -0.4 is 0 Å². The van der Waals surface area contributed by atoms with Gasteiger partial charge in [0.15, 0.2) is 0 Å². The van der Waals surface area contributed by atoms with Crippen LogP contribution in [0.5, 0.6) is 0 Å². The van der Waals surface area contributed by atoms with Crippen molar-refractivity contribution in [2.45, 2.75) is 38.2 Å². The van der Waals surface area contributed by atoms with Gasteiger partial charge >= 0.3 is 0 Å². The molecular weight excluding hydrogens is 266 g/mol.